The summed E-state index contributed by atoms with van der Waals surface area (Å²) in [6.07, 6.45) is 8.49. The largest absolute Gasteiger partial charge is 0.338 e. The minimum atomic E-state index is -0.361. The SMILES string of the molecule is Cn1cc(C2CCCCN2C(=O)C2CCCN(C(=O)c3ccc(F)cc3)C2)cn1. The second-order valence-electron chi connectivity index (χ2n) is 8.09. The summed E-state index contributed by atoms with van der Waals surface area (Å²) in [7, 11) is 1.89. The van der Waals surface area contributed by atoms with Crippen molar-refractivity contribution in [2.75, 3.05) is 19.6 Å². The number of benzene rings is 1. The molecule has 2 aliphatic heterocycles. The molecule has 2 amide bonds. The van der Waals surface area contributed by atoms with Crippen LogP contribution >= 0.6 is 0 Å². The van der Waals surface area contributed by atoms with E-state index in [2.05, 4.69) is 5.10 Å². The van der Waals surface area contributed by atoms with Crippen LogP contribution in [0.1, 0.15) is 54.1 Å². The number of piperidine rings is 2. The molecule has 0 N–H and O–H groups in total. The average molecular weight is 398 g/mol. The minimum absolute atomic E-state index is 0.0631. The molecule has 1 aromatic carbocycles. The van der Waals surface area contributed by atoms with E-state index in [1.165, 1.54) is 24.3 Å². The van der Waals surface area contributed by atoms with Gasteiger partial charge in [-0.15, -0.1) is 0 Å². The molecule has 2 fully saturated rings. The lowest BCUT2D eigenvalue weighted by atomic mass is 9.91. The highest BCUT2D eigenvalue weighted by Gasteiger charge is 2.36. The quantitative estimate of drug-likeness (QED) is 0.798. The molecule has 0 spiro atoms. The van der Waals surface area contributed by atoms with Gasteiger partial charge in [0.25, 0.3) is 5.91 Å². The van der Waals surface area contributed by atoms with Gasteiger partial charge >= 0.3 is 0 Å². The maximum absolute atomic E-state index is 13.4. The number of carbonyl (C=O) groups excluding carboxylic acids is 2. The first-order valence-corrected chi connectivity index (χ1v) is 10.4. The second-order valence-corrected chi connectivity index (χ2v) is 8.09. The molecule has 4 rings (SSSR count). The lowest BCUT2D eigenvalue weighted by Crippen LogP contribution is -2.48. The number of aromatic nitrogens is 2. The van der Waals surface area contributed by atoms with Crippen LogP contribution in [0.15, 0.2) is 36.7 Å². The molecule has 2 saturated heterocycles. The molecular formula is C22H27FN4O2. The summed E-state index contributed by atoms with van der Waals surface area (Å²) in [6.45, 7) is 1.80. The number of likely N-dealkylation sites (tertiary alicyclic amines) is 2. The highest BCUT2D eigenvalue weighted by molar-refractivity contribution is 5.94. The normalized spacial score (nSPS) is 22.6. The van der Waals surface area contributed by atoms with Gasteiger partial charge in [0.2, 0.25) is 5.91 Å². The lowest BCUT2D eigenvalue weighted by Gasteiger charge is -2.40. The van der Waals surface area contributed by atoms with Gasteiger partial charge in [0, 0.05) is 44.0 Å². The van der Waals surface area contributed by atoms with Crippen LogP contribution in [-0.4, -0.2) is 51.0 Å². The Kier molecular flexibility index (Phi) is 5.65. The fourth-order valence-corrected chi connectivity index (χ4v) is 4.53. The summed E-state index contributed by atoms with van der Waals surface area (Å²) in [6, 6.07) is 5.67. The van der Waals surface area contributed by atoms with Gasteiger partial charge in [-0.25, -0.2) is 4.39 Å². The van der Waals surface area contributed by atoms with E-state index in [0.29, 0.717) is 18.7 Å². The highest BCUT2D eigenvalue weighted by atomic mass is 19.1. The number of carbonyl (C=O) groups is 2. The zero-order chi connectivity index (χ0) is 20.4. The number of amides is 2. The van der Waals surface area contributed by atoms with Gasteiger partial charge in [-0.2, -0.15) is 5.10 Å². The summed E-state index contributed by atoms with van der Waals surface area (Å²) >= 11 is 0. The Balaban J connectivity index is 1.47. The predicted octanol–water partition coefficient (Wildman–Crippen LogP) is 3.17. The summed E-state index contributed by atoms with van der Waals surface area (Å²) in [5.41, 5.74) is 1.54. The van der Waals surface area contributed by atoms with Crippen LogP contribution in [-0.2, 0) is 11.8 Å². The molecule has 1 aromatic heterocycles. The summed E-state index contributed by atoms with van der Waals surface area (Å²) in [4.78, 5) is 30.0. The summed E-state index contributed by atoms with van der Waals surface area (Å²) in [5.74, 6) is -0.551. The van der Waals surface area contributed by atoms with Gasteiger partial charge in [0.05, 0.1) is 18.2 Å². The standard InChI is InChI=1S/C22H27FN4O2/c1-25-14-18(13-24-25)20-6-2-3-12-27(20)22(29)17-5-4-11-26(15-17)21(28)16-7-9-19(23)10-8-16/h7-10,13-14,17,20H,2-6,11-12,15H2,1H3. The molecule has 2 aliphatic rings. The Morgan fingerprint density at radius 1 is 1.07 bits per heavy atom. The minimum Gasteiger partial charge on any atom is -0.338 e. The van der Waals surface area contributed by atoms with Gasteiger partial charge < -0.3 is 9.80 Å². The molecule has 7 heteroatoms. The number of aryl methyl sites for hydroxylation is 1. The van der Waals surface area contributed by atoms with Crippen LogP contribution in [0.2, 0.25) is 0 Å². The van der Waals surface area contributed by atoms with E-state index in [1.54, 1.807) is 9.58 Å². The topological polar surface area (TPSA) is 58.4 Å². The Labute approximate surface area is 170 Å². The Hall–Kier alpha value is -2.70. The molecule has 0 aliphatic carbocycles. The van der Waals surface area contributed by atoms with Crippen molar-refractivity contribution in [3.63, 3.8) is 0 Å². The van der Waals surface area contributed by atoms with Crippen molar-refractivity contribution in [2.45, 2.75) is 38.1 Å². The van der Waals surface area contributed by atoms with Crippen molar-refractivity contribution in [2.24, 2.45) is 13.0 Å². The highest BCUT2D eigenvalue weighted by Crippen LogP contribution is 2.33. The molecule has 0 saturated carbocycles. The fourth-order valence-electron chi connectivity index (χ4n) is 4.53. The van der Waals surface area contributed by atoms with Crippen molar-refractivity contribution in [1.29, 1.82) is 0 Å². The Morgan fingerprint density at radius 2 is 1.86 bits per heavy atom. The van der Waals surface area contributed by atoms with Crippen molar-refractivity contribution in [1.82, 2.24) is 19.6 Å². The number of hydrogen-bond donors (Lipinski definition) is 0. The van der Waals surface area contributed by atoms with E-state index in [0.717, 1.165) is 44.2 Å². The molecule has 2 aromatic rings. The first-order valence-electron chi connectivity index (χ1n) is 10.4. The third kappa shape index (κ3) is 4.18. The van der Waals surface area contributed by atoms with E-state index in [-0.39, 0.29) is 29.6 Å². The van der Waals surface area contributed by atoms with Crippen LogP contribution < -0.4 is 0 Å². The number of nitrogens with zero attached hydrogens (tertiary/aromatic N) is 4. The Bertz CT molecular complexity index is 879. The third-order valence-corrected chi connectivity index (χ3v) is 6.04. The Morgan fingerprint density at radius 3 is 2.59 bits per heavy atom. The van der Waals surface area contributed by atoms with Crippen molar-refractivity contribution < 1.29 is 14.0 Å². The molecule has 0 bridgehead atoms. The molecule has 0 radical (unpaired) electrons. The van der Waals surface area contributed by atoms with Gasteiger partial charge in [-0.05, 0) is 56.4 Å². The molecule has 2 atom stereocenters. The second kappa shape index (κ2) is 8.35. The van der Waals surface area contributed by atoms with E-state index >= 15 is 0 Å². The maximum atomic E-state index is 13.4. The van der Waals surface area contributed by atoms with E-state index in [4.69, 9.17) is 0 Å². The van der Waals surface area contributed by atoms with Gasteiger partial charge in [-0.1, -0.05) is 0 Å². The van der Waals surface area contributed by atoms with Crippen LogP contribution in [0.25, 0.3) is 0 Å². The average Bonchev–Trinajstić information content (AvgIpc) is 3.19. The third-order valence-electron chi connectivity index (χ3n) is 6.04. The van der Waals surface area contributed by atoms with Gasteiger partial charge in [0.1, 0.15) is 5.82 Å². The molecule has 3 heterocycles. The smallest absolute Gasteiger partial charge is 0.253 e. The van der Waals surface area contributed by atoms with Crippen molar-refractivity contribution >= 4 is 11.8 Å². The number of hydrogen-bond acceptors (Lipinski definition) is 3. The van der Waals surface area contributed by atoms with Gasteiger partial charge in [0.15, 0.2) is 0 Å². The van der Waals surface area contributed by atoms with Crippen molar-refractivity contribution in [3.8, 4) is 0 Å². The van der Waals surface area contributed by atoms with Gasteiger partial charge in [-0.3, -0.25) is 14.3 Å². The van der Waals surface area contributed by atoms with Crippen LogP contribution in [0.5, 0.6) is 0 Å². The van der Waals surface area contributed by atoms with E-state index in [9.17, 15) is 14.0 Å². The zero-order valence-electron chi connectivity index (χ0n) is 16.8. The predicted molar refractivity (Wildman–Crippen MR) is 107 cm³/mol. The van der Waals surface area contributed by atoms with Crippen LogP contribution in [0.4, 0.5) is 4.39 Å². The maximum Gasteiger partial charge on any atom is 0.253 e. The van der Waals surface area contributed by atoms with E-state index in [1.807, 2.05) is 24.3 Å². The van der Waals surface area contributed by atoms with Crippen LogP contribution in [0, 0.1) is 11.7 Å². The lowest BCUT2D eigenvalue weighted by molar-refractivity contribution is -0.141. The number of halogens is 1. The number of rotatable bonds is 3. The first kappa shape index (κ1) is 19.6. The summed E-state index contributed by atoms with van der Waals surface area (Å²) < 4.78 is 14.9. The molecule has 154 valence electrons. The molecule has 2 unspecified atom stereocenters. The first-order chi connectivity index (χ1) is 14.0. The van der Waals surface area contributed by atoms with Crippen LogP contribution in [0.3, 0.4) is 0 Å². The molecule has 6 nitrogen and oxygen atoms in total. The fraction of sp³-hybridized carbons (Fsp3) is 0.500. The molecular weight excluding hydrogens is 371 g/mol. The summed E-state index contributed by atoms with van der Waals surface area (Å²) in [5, 5.41) is 4.27. The zero-order valence-corrected chi connectivity index (χ0v) is 16.8. The molecule has 29 heavy (non-hydrogen) atoms. The monoisotopic (exact) mass is 398 g/mol. The van der Waals surface area contributed by atoms with E-state index < -0.39 is 0 Å². The van der Waals surface area contributed by atoms with Crippen molar-refractivity contribution in [3.05, 3.63) is 53.6 Å².